The SMILES string of the molecule is CCN(CC)c1ccc2c(C=O)c[nH]c2c1. The van der Waals surface area contributed by atoms with E-state index >= 15 is 0 Å². The van der Waals surface area contributed by atoms with Gasteiger partial charge in [0.2, 0.25) is 0 Å². The molecule has 0 fully saturated rings. The molecule has 0 saturated carbocycles. The summed E-state index contributed by atoms with van der Waals surface area (Å²) in [6, 6.07) is 6.16. The second kappa shape index (κ2) is 4.39. The lowest BCUT2D eigenvalue weighted by molar-refractivity contribution is 0.112. The highest BCUT2D eigenvalue weighted by atomic mass is 16.1. The van der Waals surface area contributed by atoms with Crippen LogP contribution in [0.5, 0.6) is 0 Å². The van der Waals surface area contributed by atoms with E-state index in [0.717, 1.165) is 35.8 Å². The Bertz CT molecular complexity index is 498. The van der Waals surface area contributed by atoms with E-state index in [1.165, 1.54) is 5.69 Å². The summed E-state index contributed by atoms with van der Waals surface area (Å²) in [5.41, 5.74) is 2.93. The van der Waals surface area contributed by atoms with Crippen molar-refractivity contribution in [1.29, 1.82) is 0 Å². The predicted octanol–water partition coefficient (Wildman–Crippen LogP) is 2.83. The first-order valence-electron chi connectivity index (χ1n) is 5.61. The highest BCUT2D eigenvalue weighted by Crippen LogP contribution is 2.23. The lowest BCUT2D eigenvalue weighted by Gasteiger charge is -2.20. The molecule has 0 saturated heterocycles. The molecule has 3 nitrogen and oxygen atoms in total. The molecule has 1 heterocycles. The second-order valence-corrected chi connectivity index (χ2v) is 3.76. The van der Waals surface area contributed by atoms with Crippen LogP contribution in [0.4, 0.5) is 5.69 Å². The number of aromatic nitrogens is 1. The number of rotatable bonds is 4. The maximum Gasteiger partial charge on any atom is 0.152 e. The molecule has 1 N–H and O–H groups in total. The summed E-state index contributed by atoms with van der Waals surface area (Å²) in [4.78, 5) is 16.2. The summed E-state index contributed by atoms with van der Waals surface area (Å²) in [7, 11) is 0. The number of nitrogens with zero attached hydrogens (tertiary/aromatic N) is 1. The van der Waals surface area contributed by atoms with Crippen LogP contribution in [-0.2, 0) is 0 Å². The van der Waals surface area contributed by atoms with Crippen LogP contribution >= 0.6 is 0 Å². The molecule has 3 heteroatoms. The van der Waals surface area contributed by atoms with Crippen LogP contribution in [-0.4, -0.2) is 24.4 Å². The van der Waals surface area contributed by atoms with Crippen molar-refractivity contribution in [3.05, 3.63) is 30.0 Å². The quantitative estimate of drug-likeness (QED) is 0.798. The standard InChI is InChI=1S/C13H16N2O/c1-3-15(4-2)11-5-6-12-10(9-16)8-14-13(12)7-11/h5-9,14H,3-4H2,1-2H3. The highest BCUT2D eigenvalue weighted by Gasteiger charge is 2.06. The molecule has 0 bridgehead atoms. The fourth-order valence-corrected chi connectivity index (χ4v) is 2.02. The number of aromatic amines is 1. The van der Waals surface area contributed by atoms with E-state index in [4.69, 9.17) is 0 Å². The van der Waals surface area contributed by atoms with Gasteiger partial charge in [-0.25, -0.2) is 0 Å². The van der Waals surface area contributed by atoms with E-state index in [9.17, 15) is 4.79 Å². The minimum atomic E-state index is 0.723. The van der Waals surface area contributed by atoms with Gasteiger partial charge in [-0.15, -0.1) is 0 Å². The summed E-state index contributed by atoms with van der Waals surface area (Å²) in [5, 5.41) is 0.992. The summed E-state index contributed by atoms with van der Waals surface area (Å²) < 4.78 is 0. The number of benzene rings is 1. The van der Waals surface area contributed by atoms with Gasteiger partial charge in [0.15, 0.2) is 6.29 Å². The van der Waals surface area contributed by atoms with Gasteiger partial charge in [0.1, 0.15) is 0 Å². The van der Waals surface area contributed by atoms with Crippen molar-refractivity contribution < 1.29 is 4.79 Å². The fourth-order valence-electron chi connectivity index (χ4n) is 2.02. The van der Waals surface area contributed by atoms with Crippen molar-refractivity contribution >= 4 is 22.9 Å². The number of hydrogen-bond donors (Lipinski definition) is 1. The third-order valence-corrected chi connectivity index (χ3v) is 2.95. The lowest BCUT2D eigenvalue weighted by Crippen LogP contribution is -2.21. The highest BCUT2D eigenvalue weighted by molar-refractivity contribution is 5.98. The van der Waals surface area contributed by atoms with Crippen LogP contribution < -0.4 is 4.90 Å². The molecular formula is C13H16N2O. The van der Waals surface area contributed by atoms with Crippen molar-refractivity contribution in [2.45, 2.75) is 13.8 Å². The number of anilines is 1. The van der Waals surface area contributed by atoms with Crippen LogP contribution in [0.15, 0.2) is 24.4 Å². The Morgan fingerprint density at radius 2 is 2.06 bits per heavy atom. The zero-order valence-corrected chi connectivity index (χ0v) is 9.66. The van der Waals surface area contributed by atoms with Gasteiger partial charge in [0.25, 0.3) is 0 Å². The van der Waals surface area contributed by atoms with Crippen LogP contribution in [0, 0.1) is 0 Å². The van der Waals surface area contributed by atoms with Crippen molar-refractivity contribution in [3.8, 4) is 0 Å². The van der Waals surface area contributed by atoms with E-state index in [-0.39, 0.29) is 0 Å². The number of carbonyl (C=O) groups excluding carboxylic acids is 1. The molecule has 0 amide bonds. The molecule has 1 aromatic heterocycles. The van der Waals surface area contributed by atoms with Crippen molar-refractivity contribution in [1.82, 2.24) is 4.98 Å². The molecule has 1 aromatic carbocycles. The first-order chi connectivity index (χ1) is 7.80. The molecule has 2 aromatic rings. The molecule has 0 aliphatic rings. The van der Waals surface area contributed by atoms with Crippen LogP contribution in [0.25, 0.3) is 10.9 Å². The summed E-state index contributed by atoms with van der Waals surface area (Å²) in [5.74, 6) is 0. The number of nitrogens with one attached hydrogen (secondary N) is 1. The molecule has 84 valence electrons. The predicted molar refractivity (Wildman–Crippen MR) is 67.2 cm³/mol. The first kappa shape index (κ1) is 10.7. The Morgan fingerprint density at radius 1 is 1.31 bits per heavy atom. The van der Waals surface area contributed by atoms with Crippen LogP contribution in [0.2, 0.25) is 0 Å². The lowest BCUT2D eigenvalue weighted by atomic mass is 10.1. The van der Waals surface area contributed by atoms with Crippen LogP contribution in [0.3, 0.4) is 0 Å². The second-order valence-electron chi connectivity index (χ2n) is 3.76. The topological polar surface area (TPSA) is 36.1 Å². The van der Waals surface area contributed by atoms with E-state index in [2.05, 4.69) is 35.9 Å². The monoisotopic (exact) mass is 216 g/mol. The normalized spacial score (nSPS) is 10.6. The van der Waals surface area contributed by atoms with Crippen molar-refractivity contribution in [2.75, 3.05) is 18.0 Å². The minimum absolute atomic E-state index is 0.723. The van der Waals surface area contributed by atoms with Gasteiger partial charge in [0, 0.05) is 41.4 Å². The molecule has 0 spiro atoms. The molecule has 0 atom stereocenters. The largest absolute Gasteiger partial charge is 0.372 e. The van der Waals surface area contributed by atoms with E-state index in [1.807, 2.05) is 6.07 Å². The molecule has 0 radical (unpaired) electrons. The molecule has 0 aliphatic carbocycles. The third-order valence-electron chi connectivity index (χ3n) is 2.95. The van der Waals surface area contributed by atoms with E-state index < -0.39 is 0 Å². The Kier molecular flexibility index (Phi) is 2.95. The number of hydrogen-bond acceptors (Lipinski definition) is 2. The van der Waals surface area contributed by atoms with Gasteiger partial charge >= 0.3 is 0 Å². The Morgan fingerprint density at radius 3 is 2.69 bits per heavy atom. The van der Waals surface area contributed by atoms with Crippen LogP contribution in [0.1, 0.15) is 24.2 Å². The molecule has 16 heavy (non-hydrogen) atoms. The third kappa shape index (κ3) is 1.69. The average molecular weight is 216 g/mol. The maximum atomic E-state index is 10.8. The Labute approximate surface area is 95.1 Å². The molecule has 2 rings (SSSR count). The van der Waals surface area contributed by atoms with Crippen molar-refractivity contribution in [3.63, 3.8) is 0 Å². The van der Waals surface area contributed by atoms with E-state index in [1.54, 1.807) is 6.20 Å². The summed E-state index contributed by atoms with van der Waals surface area (Å²) >= 11 is 0. The number of aldehydes is 1. The zero-order chi connectivity index (χ0) is 11.5. The fraction of sp³-hybridized carbons (Fsp3) is 0.308. The molecular weight excluding hydrogens is 200 g/mol. The molecule has 0 unspecified atom stereocenters. The zero-order valence-electron chi connectivity index (χ0n) is 9.66. The molecule has 0 aliphatic heterocycles. The Balaban J connectivity index is 2.48. The van der Waals surface area contributed by atoms with Gasteiger partial charge in [-0.1, -0.05) is 6.07 Å². The number of carbonyl (C=O) groups is 1. The maximum absolute atomic E-state index is 10.8. The van der Waals surface area contributed by atoms with Gasteiger partial charge < -0.3 is 9.88 Å². The average Bonchev–Trinajstić information content (AvgIpc) is 2.73. The minimum Gasteiger partial charge on any atom is -0.372 e. The summed E-state index contributed by atoms with van der Waals surface area (Å²) in [6.45, 7) is 6.25. The van der Waals surface area contributed by atoms with E-state index in [0.29, 0.717) is 0 Å². The van der Waals surface area contributed by atoms with Gasteiger partial charge in [-0.2, -0.15) is 0 Å². The first-order valence-corrected chi connectivity index (χ1v) is 5.61. The van der Waals surface area contributed by atoms with Gasteiger partial charge in [-0.05, 0) is 26.0 Å². The smallest absolute Gasteiger partial charge is 0.152 e. The number of fused-ring (bicyclic) bond motifs is 1. The Hall–Kier alpha value is -1.77. The summed E-state index contributed by atoms with van der Waals surface area (Å²) in [6.07, 6.45) is 2.64. The van der Waals surface area contributed by atoms with Gasteiger partial charge in [0.05, 0.1) is 0 Å². The van der Waals surface area contributed by atoms with Gasteiger partial charge in [-0.3, -0.25) is 4.79 Å². The van der Waals surface area contributed by atoms with Crippen molar-refractivity contribution in [2.24, 2.45) is 0 Å². The number of H-pyrrole nitrogens is 1.